The number of carbonyl (C=O) groups excluding carboxylic acids is 4. The monoisotopic (exact) mass is 393 g/mol. The molecule has 1 aromatic heterocycles. The van der Waals surface area contributed by atoms with Gasteiger partial charge in [0, 0.05) is 12.4 Å². The zero-order valence-corrected chi connectivity index (χ0v) is 16.0. The van der Waals surface area contributed by atoms with Gasteiger partial charge in [-0.2, -0.15) is 0 Å². The topological polar surface area (TPSA) is 99.6 Å². The minimum Gasteiger partial charge on any atom is -0.468 e. The molecular weight excluding hydrogens is 374 g/mol. The SMILES string of the molecule is COC(=O)C1(Cc2ccccc2)C=CC(=O)C(C(=O)OC)(c2ccncc2)C1=O. The van der Waals surface area contributed by atoms with E-state index in [-0.39, 0.29) is 12.0 Å². The van der Waals surface area contributed by atoms with Crippen LogP contribution in [0.3, 0.4) is 0 Å². The first-order valence-corrected chi connectivity index (χ1v) is 8.83. The number of nitrogens with zero attached hydrogens (tertiary/aromatic N) is 1. The van der Waals surface area contributed by atoms with Crippen molar-refractivity contribution in [2.75, 3.05) is 14.2 Å². The van der Waals surface area contributed by atoms with E-state index in [2.05, 4.69) is 4.98 Å². The quantitative estimate of drug-likeness (QED) is 0.562. The normalized spacial score (nSPS) is 23.5. The number of allylic oxidation sites excluding steroid dienone is 1. The summed E-state index contributed by atoms with van der Waals surface area (Å²) in [6.07, 6.45) is 4.94. The first-order valence-electron chi connectivity index (χ1n) is 8.83. The van der Waals surface area contributed by atoms with E-state index in [1.165, 1.54) is 30.6 Å². The van der Waals surface area contributed by atoms with Crippen LogP contribution < -0.4 is 0 Å². The molecule has 0 fully saturated rings. The van der Waals surface area contributed by atoms with Crippen LogP contribution in [0.25, 0.3) is 0 Å². The Bertz CT molecular complexity index is 985. The van der Waals surface area contributed by atoms with Gasteiger partial charge >= 0.3 is 11.9 Å². The molecule has 0 radical (unpaired) electrons. The van der Waals surface area contributed by atoms with Crippen LogP contribution in [0.15, 0.2) is 67.0 Å². The smallest absolute Gasteiger partial charge is 0.332 e. The number of benzene rings is 1. The Hall–Kier alpha value is -3.61. The maximum Gasteiger partial charge on any atom is 0.332 e. The Morgan fingerprint density at radius 1 is 0.931 bits per heavy atom. The largest absolute Gasteiger partial charge is 0.468 e. The van der Waals surface area contributed by atoms with Crippen LogP contribution >= 0.6 is 0 Å². The third-order valence-electron chi connectivity index (χ3n) is 5.11. The summed E-state index contributed by atoms with van der Waals surface area (Å²) in [6, 6.07) is 11.6. The summed E-state index contributed by atoms with van der Waals surface area (Å²) in [6.45, 7) is 0. The number of ketones is 2. The lowest BCUT2D eigenvalue weighted by Crippen LogP contribution is -2.61. The lowest BCUT2D eigenvalue weighted by Gasteiger charge is -2.38. The van der Waals surface area contributed by atoms with Gasteiger partial charge in [0.1, 0.15) is 0 Å². The van der Waals surface area contributed by atoms with Crippen molar-refractivity contribution < 1.29 is 28.7 Å². The predicted octanol–water partition coefficient (Wildman–Crippen LogP) is 1.60. The number of ether oxygens (including phenoxy) is 2. The Balaban J connectivity index is 2.28. The molecule has 7 heteroatoms. The minimum absolute atomic E-state index is 0.0764. The lowest BCUT2D eigenvalue weighted by atomic mass is 9.59. The van der Waals surface area contributed by atoms with Gasteiger partial charge in [-0.25, -0.2) is 0 Å². The van der Waals surface area contributed by atoms with Crippen molar-refractivity contribution in [3.8, 4) is 0 Å². The fraction of sp³-hybridized carbons (Fsp3) is 0.227. The second kappa shape index (κ2) is 7.79. The number of pyridine rings is 1. The van der Waals surface area contributed by atoms with Crippen LogP contribution in [0.2, 0.25) is 0 Å². The molecule has 0 aliphatic heterocycles. The van der Waals surface area contributed by atoms with Crippen molar-refractivity contribution in [3.63, 3.8) is 0 Å². The maximum atomic E-state index is 13.9. The van der Waals surface area contributed by atoms with Gasteiger partial charge in [0.05, 0.1) is 14.2 Å². The average molecular weight is 393 g/mol. The minimum atomic E-state index is -2.32. The molecule has 2 atom stereocenters. The van der Waals surface area contributed by atoms with Crippen molar-refractivity contribution in [1.82, 2.24) is 4.98 Å². The van der Waals surface area contributed by atoms with Gasteiger partial charge in [0.2, 0.25) is 5.41 Å². The first-order chi connectivity index (χ1) is 13.9. The molecule has 3 rings (SSSR count). The van der Waals surface area contributed by atoms with Crippen LogP contribution in [-0.2, 0) is 40.5 Å². The van der Waals surface area contributed by atoms with E-state index in [4.69, 9.17) is 9.47 Å². The molecule has 2 unspecified atom stereocenters. The Labute approximate surface area is 167 Å². The highest BCUT2D eigenvalue weighted by Crippen LogP contribution is 2.43. The van der Waals surface area contributed by atoms with Gasteiger partial charge < -0.3 is 9.47 Å². The molecule has 1 aromatic carbocycles. The summed E-state index contributed by atoms with van der Waals surface area (Å²) < 4.78 is 9.78. The summed E-state index contributed by atoms with van der Waals surface area (Å²) in [4.78, 5) is 56.5. The van der Waals surface area contributed by atoms with Gasteiger partial charge in [-0.05, 0) is 35.8 Å². The van der Waals surface area contributed by atoms with Crippen molar-refractivity contribution in [1.29, 1.82) is 0 Å². The number of hydrogen-bond donors (Lipinski definition) is 0. The average Bonchev–Trinajstić information content (AvgIpc) is 2.77. The van der Waals surface area contributed by atoms with Crippen LogP contribution in [-0.4, -0.2) is 42.7 Å². The van der Waals surface area contributed by atoms with Crippen LogP contribution in [0.5, 0.6) is 0 Å². The van der Waals surface area contributed by atoms with E-state index in [0.717, 1.165) is 20.3 Å². The molecule has 148 valence electrons. The second-order valence-corrected chi connectivity index (χ2v) is 6.63. The maximum absolute atomic E-state index is 13.9. The molecule has 2 aromatic rings. The first kappa shape index (κ1) is 20.1. The molecule has 0 saturated carbocycles. The van der Waals surface area contributed by atoms with E-state index < -0.39 is 34.3 Å². The van der Waals surface area contributed by atoms with E-state index in [1.807, 2.05) is 0 Å². The van der Waals surface area contributed by atoms with Crippen LogP contribution in [0, 0.1) is 5.41 Å². The molecular formula is C22H19NO6. The number of aromatic nitrogens is 1. The molecule has 0 bridgehead atoms. The molecule has 1 aliphatic rings. The third-order valence-corrected chi connectivity index (χ3v) is 5.11. The number of rotatable bonds is 5. The second-order valence-electron chi connectivity index (χ2n) is 6.63. The molecule has 0 N–H and O–H groups in total. The van der Waals surface area contributed by atoms with Crippen molar-refractivity contribution in [2.24, 2.45) is 5.41 Å². The number of Topliss-reactive ketones (excluding diaryl/α,β-unsaturated/α-hetero) is 1. The number of hydrogen-bond acceptors (Lipinski definition) is 7. The van der Waals surface area contributed by atoms with E-state index in [0.29, 0.717) is 5.56 Å². The van der Waals surface area contributed by atoms with Crippen molar-refractivity contribution >= 4 is 23.5 Å². The Morgan fingerprint density at radius 3 is 2.14 bits per heavy atom. The number of esters is 2. The van der Waals surface area contributed by atoms with E-state index >= 15 is 0 Å². The highest BCUT2D eigenvalue weighted by atomic mass is 16.5. The molecule has 0 saturated heterocycles. The van der Waals surface area contributed by atoms with Gasteiger partial charge in [0.25, 0.3) is 0 Å². The Kier molecular flexibility index (Phi) is 5.41. The Morgan fingerprint density at radius 2 is 1.55 bits per heavy atom. The highest BCUT2D eigenvalue weighted by Gasteiger charge is 2.65. The van der Waals surface area contributed by atoms with Gasteiger partial charge in [-0.3, -0.25) is 24.2 Å². The summed E-state index contributed by atoms with van der Waals surface area (Å²) in [5.74, 6) is -3.62. The van der Waals surface area contributed by atoms with Gasteiger partial charge in [0.15, 0.2) is 17.0 Å². The molecule has 7 nitrogen and oxygen atoms in total. The summed E-state index contributed by atoms with van der Waals surface area (Å²) in [5, 5.41) is 0. The number of methoxy groups -OCH3 is 2. The summed E-state index contributed by atoms with van der Waals surface area (Å²) in [5.41, 5.74) is -3.45. The number of carbonyl (C=O) groups is 4. The van der Waals surface area contributed by atoms with Crippen LogP contribution in [0.1, 0.15) is 11.1 Å². The van der Waals surface area contributed by atoms with E-state index in [1.54, 1.807) is 30.3 Å². The summed E-state index contributed by atoms with van der Waals surface area (Å²) in [7, 11) is 2.24. The standard InChI is InChI=1S/C22H19NO6/c1-28-19(26)21(14-15-6-4-3-5-7-15)11-8-17(24)22(18(21)25,20(27)29-2)16-9-12-23-13-10-16/h3-13H,14H2,1-2H3. The van der Waals surface area contributed by atoms with Crippen molar-refractivity contribution in [2.45, 2.75) is 11.8 Å². The fourth-order valence-electron chi connectivity index (χ4n) is 3.68. The molecule has 0 amide bonds. The van der Waals surface area contributed by atoms with Crippen LogP contribution in [0.4, 0.5) is 0 Å². The van der Waals surface area contributed by atoms with Gasteiger partial charge in [-0.15, -0.1) is 0 Å². The van der Waals surface area contributed by atoms with E-state index in [9.17, 15) is 19.2 Å². The predicted molar refractivity (Wildman–Crippen MR) is 102 cm³/mol. The third kappa shape index (κ3) is 3.04. The van der Waals surface area contributed by atoms with Gasteiger partial charge in [-0.1, -0.05) is 36.4 Å². The zero-order chi connectivity index (χ0) is 21.1. The molecule has 1 heterocycles. The molecule has 1 aliphatic carbocycles. The fourth-order valence-corrected chi connectivity index (χ4v) is 3.68. The highest BCUT2D eigenvalue weighted by molar-refractivity contribution is 6.36. The molecule has 29 heavy (non-hydrogen) atoms. The zero-order valence-electron chi connectivity index (χ0n) is 16.0. The lowest BCUT2D eigenvalue weighted by molar-refractivity contribution is -0.163. The summed E-state index contributed by atoms with van der Waals surface area (Å²) >= 11 is 0. The molecule has 0 spiro atoms. The van der Waals surface area contributed by atoms with Crippen molar-refractivity contribution in [3.05, 3.63) is 78.1 Å².